The van der Waals surface area contributed by atoms with Gasteiger partial charge in [-0.1, -0.05) is 24.3 Å². The van der Waals surface area contributed by atoms with Crippen LogP contribution < -0.4 is 0 Å². The second-order valence-corrected chi connectivity index (χ2v) is 5.18. The molecule has 3 rings (SSSR count). The van der Waals surface area contributed by atoms with E-state index in [1.807, 2.05) is 6.20 Å². The van der Waals surface area contributed by atoms with Crippen molar-refractivity contribution < 1.29 is 0 Å². The summed E-state index contributed by atoms with van der Waals surface area (Å²) in [4.78, 5) is 3.23. The summed E-state index contributed by atoms with van der Waals surface area (Å²) in [6, 6.07) is 15.0. The van der Waals surface area contributed by atoms with E-state index in [-0.39, 0.29) is 0 Å². The van der Waals surface area contributed by atoms with Gasteiger partial charge in [-0.05, 0) is 53.8 Å². The molecule has 0 atom stereocenters. The summed E-state index contributed by atoms with van der Waals surface area (Å²) in [6.07, 6.45) is 2.37. The lowest BCUT2D eigenvalue weighted by molar-refractivity contribution is 1.28. The number of benzene rings is 2. The minimum Gasteiger partial charge on any atom is -0.361 e. The lowest BCUT2D eigenvalue weighted by Crippen LogP contribution is -1.88. The number of hydrogen-bond donors (Lipinski definition) is 1. The van der Waals surface area contributed by atoms with Crippen LogP contribution in [0.4, 0.5) is 0 Å². The van der Waals surface area contributed by atoms with Crippen molar-refractivity contribution in [2.24, 2.45) is 0 Å². The molecule has 0 amide bonds. The first-order valence-electron chi connectivity index (χ1n) is 6.74. The zero-order chi connectivity index (χ0) is 14.1. The van der Waals surface area contributed by atoms with Crippen LogP contribution in [-0.2, 0) is 6.42 Å². The smallest absolute Gasteiger partial charge is 0.0670 e. The third kappa shape index (κ3) is 1.98. The van der Waals surface area contributed by atoms with Crippen molar-refractivity contribution in [2.45, 2.75) is 20.3 Å². The molecule has 20 heavy (non-hydrogen) atoms. The lowest BCUT2D eigenvalue weighted by Gasteiger charge is -2.10. The van der Waals surface area contributed by atoms with E-state index in [1.54, 1.807) is 0 Å². The molecule has 0 saturated carbocycles. The fourth-order valence-electron chi connectivity index (χ4n) is 2.84. The van der Waals surface area contributed by atoms with Crippen LogP contribution >= 0.6 is 0 Å². The Hall–Kier alpha value is -2.53. The Morgan fingerprint density at radius 1 is 1.10 bits per heavy atom. The van der Waals surface area contributed by atoms with Gasteiger partial charge in [-0.15, -0.1) is 0 Å². The second-order valence-electron chi connectivity index (χ2n) is 5.18. The van der Waals surface area contributed by atoms with Gasteiger partial charge < -0.3 is 4.98 Å². The van der Waals surface area contributed by atoms with Gasteiger partial charge in [0, 0.05) is 17.1 Å². The molecule has 0 spiro atoms. The van der Waals surface area contributed by atoms with Crippen LogP contribution in [0, 0.1) is 25.2 Å². The van der Waals surface area contributed by atoms with Crippen LogP contribution in [0.3, 0.4) is 0 Å². The van der Waals surface area contributed by atoms with Gasteiger partial charge in [0.1, 0.15) is 0 Å². The van der Waals surface area contributed by atoms with Crippen molar-refractivity contribution in [3.63, 3.8) is 0 Å². The minimum absolute atomic E-state index is 0.441. The minimum atomic E-state index is 0.441. The quantitative estimate of drug-likeness (QED) is 0.723. The first-order valence-corrected chi connectivity index (χ1v) is 6.74. The Morgan fingerprint density at radius 2 is 1.85 bits per heavy atom. The summed E-state index contributed by atoms with van der Waals surface area (Å²) in [5, 5.41) is 10.1. The van der Waals surface area contributed by atoms with Gasteiger partial charge in [-0.2, -0.15) is 5.26 Å². The average molecular weight is 260 g/mol. The molecule has 2 heteroatoms. The molecule has 1 heterocycles. The zero-order valence-corrected chi connectivity index (χ0v) is 11.7. The first kappa shape index (κ1) is 12.5. The van der Waals surface area contributed by atoms with E-state index in [0.717, 1.165) is 16.5 Å². The van der Waals surface area contributed by atoms with E-state index >= 15 is 0 Å². The van der Waals surface area contributed by atoms with Crippen molar-refractivity contribution in [2.75, 3.05) is 0 Å². The average Bonchev–Trinajstić information content (AvgIpc) is 2.82. The van der Waals surface area contributed by atoms with Gasteiger partial charge in [0.2, 0.25) is 0 Å². The van der Waals surface area contributed by atoms with E-state index in [0.29, 0.717) is 6.42 Å². The molecular formula is C18H16N2. The molecule has 0 aliphatic carbocycles. The van der Waals surface area contributed by atoms with E-state index in [1.165, 1.54) is 22.3 Å². The summed E-state index contributed by atoms with van der Waals surface area (Å²) >= 11 is 0. The third-order valence-electron chi connectivity index (χ3n) is 3.81. The van der Waals surface area contributed by atoms with E-state index < -0.39 is 0 Å². The second kappa shape index (κ2) is 4.86. The molecule has 0 radical (unpaired) electrons. The number of aromatic amines is 1. The number of fused-ring (bicyclic) bond motifs is 1. The molecule has 2 aromatic carbocycles. The monoisotopic (exact) mass is 260 g/mol. The highest BCUT2D eigenvalue weighted by Crippen LogP contribution is 2.30. The van der Waals surface area contributed by atoms with Crippen molar-refractivity contribution in [3.8, 4) is 17.2 Å². The summed E-state index contributed by atoms with van der Waals surface area (Å²) in [5.74, 6) is 0. The van der Waals surface area contributed by atoms with Crippen LogP contribution in [0.15, 0.2) is 42.6 Å². The molecule has 2 nitrogen and oxygen atoms in total. The van der Waals surface area contributed by atoms with E-state index in [4.69, 9.17) is 5.26 Å². The lowest BCUT2D eigenvalue weighted by atomic mass is 9.94. The highest BCUT2D eigenvalue weighted by Gasteiger charge is 2.09. The van der Waals surface area contributed by atoms with E-state index in [2.05, 4.69) is 61.3 Å². The normalized spacial score (nSPS) is 10.7. The number of nitrogens with zero attached hydrogens (tertiary/aromatic N) is 1. The molecule has 1 N–H and O–H groups in total. The Morgan fingerprint density at radius 3 is 2.55 bits per heavy atom. The molecule has 0 aliphatic heterocycles. The molecule has 1 aromatic heterocycles. The number of H-pyrrole nitrogens is 1. The number of aromatic nitrogens is 1. The topological polar surface area (TPSA) is 39.6 Å². The largest absolute Gasteiger partial charge is 0.361 e. The number of hydrogen-bond acceptors (Lipinski definition) is 1. The SMILES string of the molecule is Cc1cccc(C)c1-c1ccc2[nH]cc(CC#N)c2c1. The van der Waals surface area contributed by atoms with Gasteiger partial charge in [-0.3, -0.25) is 0 Å². The van der Waals surface area contributed by atoms with Crippen LogP contribution in [0.5, 0.6) is 0 Å². The predicted molar refractivity (Wildman–Crippen MR) is 82.5 cm³/mol. The fourth-order valence-corrected chi connectivity index (χ4v) is 2.84. The van der Waals surface area contributed by atoms with E-state index in [9.17, 15) is 0 Å². The fraction of sp³-hybridized carbons (Fsp3) is 0.167. The van der Waals surface area contributed by atoms with Crippen molar-refractivity contribution >= 4 is 10.9 Å². The zero-order valence-electron chi connectivity index (χ0n) is 11.7. The maximum atomic E-state index is 8.91. The first-order chi connectivity index (χ1) is 9.70. The van der Waals surface area contributed by atoms with Crippen molar-refractivity contribution in [1.82, 2.24) is 4.98 Å². The van der Waals surface area contributed by atoms with Gasteiger partial charge in [0.15, 0.2) is 0 Å². The van der Waals surface area contributed by atoms with Crippen molar-refractivity contribution in [1.29, 1.82) is 5.26 Å². The van der Waals surface area contributed by atoms with Gasteiger partial charge in [0.25, 0.3) is 0 Å². The van der Waals surface area contributed by atoms with Gasteiger partial charge in [-0.25, -0.2) is 0 Å². The molecule has 3 aromatic rings. The van der Waals surface area contributed by atoms with Gasteiger partial charge in [0.05, 0.1) is 12.5 Å². The Bertz CT molecular complexity index is 799. The number of rotatable bonds is 2. The molecule has 0 fully saturated rings. The predicted octanol–water partition coefficient (Wildman–Crippen LogP) is 4.52. The molecule has 0 unspecified atom stereocenters. The molecule has 0 bridgehead atoms. The molecular weight excluding hydrogens is 244 g/mol. The van der Waals surface area contributed by atoms with Crippen molar-refractivity contribution in [3.05, 3.63) is 59.3 Å². The molecule has 0 aliphatic rings. The highest BCUT2D eigenvalue weighted by atomic mass is 14.7. The van der Waals surface area contributed by atoms with Gasteiger partial charge >= 0.3 is 0 Å². The maximum Gasteiger partial charge on any atom is 0.0670 e. The summed E-state index contributed by atoms with van der Waals surface area (Å²) in [5.41, 5.74) is 7.22. The van der Waals surface area contributed by atoms with Crippen LogP contribution in [-0.4, -0.2) is 4.98 Å². The number of aryl methyl sites for hydroxylation is 2. The Labute approximate surface area is 118 Å². The maximum absolute atomic E-state index is 8.91. The van der Waals surface area contributed by atoms with Crippen LogP contribution in [0.1, 0.15) is 16.7 Å². The van der Waals surface area contributed by atoms with Crippen LogP contribution in [0.25, 0.3) is 22.0 Å². The highest BCUT2D eigenvalue weighted by molar-refractivity contribution is 5.89. The summed E-state index contributed by atoms with van der Waals surface area (Å²) < 4.78 is 0. The number of nitriles is 1. The Balaban J connectivity index is 2.22. The third-order valence-corrected chi connectivity index (χ3v) is 3.81. The molecule has 0 saturated heterocycles. The van der Waals surface area contributed by atoms with Crippen LogP contribution in [0.2, 0.25) is 0 Å². The summed E-state index contributed by atoms with van der Waals surface area (Å²) in [7, 11) is 0. The molecule has 98 valence electrons. The standard InChI is InChI=1S/C18H16N2/c1-12-4-3-5-13(2)18(12)14-6-7-17-16(10-14)15(8-9-19)11-20-17/h3-7,10-11,20H,8H2,1-2H3. The number of nitrogens with one attached hydrogen (secondary N) is 1. The Kier molecular flexibility index (Phi) is 3.04. The summed E-state index contributed by atoms with van der Waals surface area (Å²) in [6.45, 7) is 4.28.